The zero-order chi connectivity index (χ0) is 12.4. The van der Waals surface area contributed by atoms with Crippen LogP contribution in [-0.2, 0) is 11.2 Å². The molecule has 1 heterocycles. The van der Waals surface area contributed by atoms with Crippen molar-refractivity contribution in [3.05, 3.63) is 65.8 Å². The van der Waals surface area contributed by atoms with Crippen molar-refractivity contribution < 1.29 is 9.53 Å². The molecule has 1 atom stereocenters. The van der Waals surface area contributed by atoms with Crippen LogP contribution in [0.5, 0.6) is 5.75 Å². The number of ketones is 1. The number of ether oxygens (including phenoxy) is 1. The number of hydrogen-bond acceptors (Lipinski definition) is 2. The number of carbonyl (C=O) groups excluding carboxylic acids is 1. The quantitative estimate of drug-likeness (QED) is 0.703. The Kier molecular flexibility index (Phi) is 2.85. The Morgan fingerprint density at radius 1 is 1.17 bits per heavy atom. The lowest BCUT2D eigenvalue weighted by molar-refractivity contribution is -0.111. The van der Waals surface area contributed by atoms with Crippen LogP contribution in [0.4, 0.5) is 0 Å². The molecule has 1 aromatic rings. The smallest absolute Gasteiger partial charge is 0.185 e. The highest BCUT2D eigenvalue weighted by atomic mass is 16.5. The molecule has 0 N–H and O–H groups in total. The monoisotopic (exact) mass is 238 g/mol. The average molecular weight is 238 g/mol. The maximum absolute atomic E-state index is 11.7. The van der Waals surface area contributed by atoms with Crippen LogP contribution in [0.25, 0.3) is 0 Å². The minimum absolute atomic E-state index is 0.00463. The Morgan fingerprint density at radius 3 is 2.89 bits per heavy atom. The van der Waals surface area contributed by atoms with Gasteiger partial charge in [-0.25, -0.2) is 0 Å². The van der Waals surface area contributed by atoms with Crippen LogP contribution in [-0.4, -0.2) is 11.9 Å². The molecule has 2 aliphatic rings. The Labute approximate surface area is 106 Å². The summed E-state index contributed by atoms with van der Waals surface area (Å²) in [4.78, 5) is 11.7. The molecule has 0 bridgehead atoms. The van der Waals surface area contributed by atoms with Crippen molar-refractivity contribution in [2.24, 2.45) is 0 Å². The van der Waals surface area contributed by atoms with E-state index in [0.29, 0.717) is 0 Å². The normalized spacial score (nSPS) is 23.9. The summed E-state index contributed by atoms with van der Waals surface area (Å²) in [5, 5.41) is 0. The Balaban J connectivity index is 1.81. The van der Waals surface area contributed by atoms with E-state index >= 15 is 0 Å². The van der Waals surface area contributed by atoms with Crippen LogP contribution < -0.4 is 4.74 Å². The zero-order valence-corrected chi connectivity index (χ0v) is 10.0. The number of hydrogen-bond donors (Lipinski definition) is 0. The summed E-state index contributed by atoms with van der Waals surface area (Å²) in [6.45, 7) is 0. The van der Waals surface area contributed by atoms with Crippen LogP contribution >= 0.6 is 0 Å². The largest absolute Gasteiger partial charge is 0.486 e. The molecule has 18 heavy (non-hydrogen) atoms. The third-order valence-corrected chi connectivity index (χ3v) is 3.23. The fraction of sp³-hybridized carbons (Fsp3) is 0.188. The number of benzene rings is 1. The summed E-state index contributed by atoms with van der Waals surface area (Å²) < 4.78 is 5.90. The van der Waals surface area contributed by atoms with Gasteiger partial charge >= 0.3 is 0 Å². The van der Waals surface area contributed by atoms with Crippen LogP contribution in [0.15, 0.2) is 60.2 Å². The van der Waals surface area contributed by atoms with Crippen LogP contribution in [0.3, 0.4) is 0 Å². The molecule has 0 fully saturated rings. The minimum Gasteiger partial charge on any atom is -0.486 e. The standard InChI is InChI=1S/C16H14O2/c17-15-7-3-1-6-13(15)11-14-10-9-12-5-2-4-8-16(12)18-14/h1-8,11,14H,9-10H2/b13-11+. The van der Waals surface area contributed by atoms with E-state index in [1.54, 1.807) is 12.2 Å². The lowest BCUT2D eigenvalue weighted by Crippen LogP contribution is -2.21. The first-order valence-corrected chi connectivity index (χ1v) is 6.18. The molecule has 0 spiro atoms. The van der Waals surface area contributed by atoms with Crippen LogP contribution in [0.1, 0.15) is 12.0 Å². The molecule has 2 nitrogen and oxygen atoms in total. The second-order valence-electron chi connectivity index (χ2n) is 4.51. The molecule has 0 saturated heterocycles. The molecule has 0 amide bonds. The molecule has 3 rings (SSSR count). The molecule has 1 unspecified atom stereocenters. The third kappa shape index (κ3) is 2.14. The van der Waals surface area contributed by atoms with Crippen molar-refractivity contribution in [2.45, 2.75) is 18.9 Å². The molecule has 0 saturated carbocycles. The summed E-state index contributed by atoms with van der Waals surface area (Å²) in [5.74, 6) is 0.994. The van der Waals surface area contributed by atoms with Gasteiger partial charge in [0.1, 0.15) is 11.9 Å². The summed E-state index contributed by atoms with van der Waals surface area (Å²) in [5.41, 5.74) is 1.97. The van der Waals surface area contributed by atoms with Crippen molar-refractivity contribution in [1.29, 1.82) is 0 Å². The lowest BCUT2D eigenvalue weighted by Gasteiger charge is -2.24. The summed E-state index contributed by atoms with van der Waals surface area (Å²) >= 11 is 0. The summed E-state index contributed by atoms with van der Waals surface area (Å²) in [7, 11) is 0. The van der Waals surface area contributed by atoms with Gasteiger partial charge in [-0.1, -0.05) is 36.4 Å². The van der Waals surface area contributed by atoms with E-state index in [1.807, 2.05) is 36.4 Å². The van der Waals surface area contributed by atoms with Gasteiger partial charge in [0.15, 0.2) is 5.78 Å². The molecule has 1 aromatic carbocycles. The second kappa shape index (κ2) is 4.65. The number of carbonyl (C=O) groups is 1. The van der Waals surface area contributed by atoms with Gasteiger partial charge in [-0.3, -0.25) is 4.79 Å². The Hall–Kier alpha value is -2.09. The van der Waals surface area contributed by atoms with Crippen molar-refractivity contribution in [3.63, 3.8) is 0 Å². The maximum Gasteiger partial charge on any atom is 0.185 e. The van der Waals surface area contributed by atoms with Gasteiger partial charge in [0.2, 0.25) is 0 Å². The first kappa shape index (κ1) is 11.0. The van der Waals surface area contributed by atoms with Gasteiger partial charge in [0.25, 0.3) is 0 Å². The number of para-hydroxylation sites is 1. The molecular weight excluding hydrogens is 224 g/mol. The van der Waals surface area contributed by atoms with E-state index in [2.05, 4.69) is 6.07 Å². The first-order chi connectivity index (χ1) is 8.83. The lowest BCUT2D eigenvalue weighted by atomic mass is 9.98. The minimum atomic E-state index is -0.00463. The highest BCUT2D eigenvalue weighted by Crippen LogP contribution is 2.28. The Bertz CT molecular complexity index is 564. The molecule has 0 aromatic heterocycles. The molecule has 1 aliphatic carbocycles. The maximum atomic E-state index is 11.7. The Morgan fingerprint density at radius 2 is 2.00 bits per heavy atom. The third-order valence-electron chi connectivity index (χ3n) is 3.23. The van der Waals surface area contributed by atoms with Gasteiger partial charge in [-0.05, 0) is 36.6 Å². The summed E-state index contributed by atoms with van der Waals surface area (Å²) in [6.07, 6.45) is 10.9. The van der Waals surface area contributed by atoms with E-state index in [-0.39, 0.29) is 11.9 Å². The van der Waals surface area contributed by atoms with Crippen LogP contribution in [0.2, 0.25) is 0 Å². The van der Waals surface area contributed by atoms with E-state index in [4.69, 9.17) is 4.74 Å². The highest BCUT2D eigenvalue weighted by Gasteiger charge is 2.18. The van der Waals surface area contributed by atoms with Crippen molar-refractivity contribution in [2.75, 3.05) is 0 Å². The van der Waals surface area contributed by atoms with E-state index in [0.717, 1.165) is 24.2 Å². The molecule has 90 valence electrons. The summed E-state index contributed by atoms with van der Waals surface area (Å²) in [6, 6.07) is 8.08. The van der Waals surface area contributed by atoms with Gasteiger partial charge in [0.05, 0.1) is 0 Å². The van der Waals surface area contributed by atoms with Crippen molar-refractivity contribution >= 4 is 5.78 Å². The predicted molar refractivity (Wildman–Crippen MR) is 70.5 cm³/mol. The van der Waals surface area contributed by atoms with E-state index in [9.17, 15) is 4.79 Å². The topological polar surface area (TPSA) is 26.3 Å². The average Bonchev–Trinajstić information content (AvgIpc) is 2.41. The number of aryl methyl sites for hydroxylation is 1. The van der Waals surface area contributed by atoms with Crippen LogP contribution in [0, 0.1) is 0 Å². The number of fused-ring (bicyclic) bond motifs is 1. The van der Waals surface area contributed by atoms with Crippen molar-refractivity contribution in [1.82, 2.24) is 0 Å². The molecular formula is C16H14O2. The van der Waals surface area contributed by atoms with Crippen molar-refractivity contribution in [3.8, 4) is 5.75 Å². The van der Waals surface area contributed by atoms with Gasteiger partial charge < -0.3 is 4.74 Å². The van der Waals surface area contributed by atoms with E-state index in [1.165, 1.54) is 5.56 Å². The van der Waals surface area contributed by atoms with E-state index < -0.39 is 0 Å². The zero-order valence-electron chi connectivity index (χ0n) is 10.0. The second-order valence-corrected chi connectivity index (χ2v) is 4.51. The predicted octanol–water partition coefficient (Wildman–Crippen LogP) is 3.00. The highest BCUT2D eigenvalue weighted by molar-refractivity contribution is 6.07. The number of rotatable bonds is 1. The van der Waals surface area contributed by atoms with Gasteiger partial charge in [0, 0.05) is 5.57 Å². The molecule has 1 aliphatic heterocycles. The van der Waals surface area contributed by atoms with Gasteiger partial charge in [-0.2, -0.15) is 0 Å². The fourth-order valence-electron chi connectivity index (χ4n) is 2.28. The number of allylic oxidation sites excluding steroid dienone is 5. The molecule has 0 radical (unpaired) electrons. The SMILES string of the molecule is O=C1C=CC=C/C1=C\C1CCc2ccccc2O1. The molecule has 2 heteroatoms. The van der Waals surface area contributed by atoms with Gasteiger partial charge in [-0.15, -0.1) is 0 Å². The first-order valence-electron chi connectivity index (χ1n) is 6.18. The fourth-order valence-corrected chi connectivity index (χ4v) is 2.28.